The van der Waals surface area contributed by atoms with Gasteiger partial charge in [-0.1, -0.05) is 6.92 Å². The fourth-order valence-electron chi connectivity index (χ4n) is 2.07. The number of nitrogens with two attached hydrogens (primary N) is 1. The number of likely N-dealkylation sites (N-methyl/N-ethyl adjacent to an activating group) is 1. The van der Waals surface area contributed by atoms with Gasteiger partial charge in [-0.3, -0.25) is 14.5 Å². The Bertz CT molecular complexity index is 547. The van der Waals surface area contributed by atoms with Gasteiger partial charge in [0.05, 0.1) is 12.3 Å². The Kier molecular flexibility index (Phi) is 4.62. The predicted octanol–water partition coefficient (Wildman–Crippen LogP) is 1.01. The average Bonchev–Trinajstić information content (AvgIpc) is 2.48. The van der Waals surface area contributed by atoms with Gasteiger partial charge in [0.1, 0.15) is 11.9 Å². The molecule has 3 N–H and O–H groups in total. The van der Waals surface area contributed by atoms with Crippen LogP contribution in [0.2, 0.25) is 0 Å². The Balaban J connectivity index is 2.09. The number of likely N-dealkylation sites (tertiary alicyclic amines) is 1. The van der Waals surface area contributed by atoms with Crippen LogP contribution in [0.5, 0.6) is 5.88 Å². The van der Waals surface area contributed by atoms with Crippen molar-refractivity contribution in [2.24, 2.45) is 0 Å². The van der Waals surface area contributed by atoms with Crippen LogP contribution in [0.25, 0.3) is 0 Å². The van der Waals surface area contributed by atoms with E-state index in [2.05, 4.69) is 10.3 Å². The highest BCUT2D eigenvalue weighted by atomic mass is 16.5. The monoisotopic (exact) mass is 292 g/mol. The van der Waals surface area contributed by atoms with Crippen LogP contribution >= 0.6 is 0 Å². The van der Waals surface area contributed by atoms with Crippen molar-refractivity contribution in [3.8, 4) is 5.88 Å². The molecule has 0 radical (unpaired) electrons. The van der Waals surface area contributed by atoms with Crippen molar-refractivity contribution in [1.29, 1.82) is 0 Å². The molecule has 2 amide bonds. The largest absolute Gasteiger partial charge is 0.476 e. The molecule has 0 saturated carbocycles. The molecule has 0 bridgehead atoms. The van der Waals surface area contributed by atoms with Crippen LogP contribution in [0.15, 0.2) is 12.1 Å². The summed E-state index contributed by atoms with van der Waals surface area (Å²) in [5.41, 5.74) is 6.25. The number of amides is 2. The van der Waals surface area contributed by atoms with Gasteiger partial charge in [-0.25, -0.2) is 0 Å². The lowest BCUT2D eigenvalue weighted by atomic mass is 10.0. The molecule has 2 heterocycles. The number of hydrogen-bond donors (Lipinski definition) is 2. The first-order valence-electron chi connectivity index (χ1n) is 6.99. The molecule has 7 nitrogen and oxygen atoms in total. The van der Waals surface area contributed by atoms with Gasteiger partial charge >= 0.3 is 0 Å². The summed E-state index contributed by atoms with van der Waals surface area (Å²) in [5.74, 6) is 0.460. The Labute approximate surface area is 123 Å². The summed E-state index contributed by atoms with van der Waals surface area (Å²) in [7, 11) is 1.49. The maximum Gasteiger partial charge on any atom is 0.251 e. The summed E-state index contributed by atoms with van der Waals surface area (Å²) in [5, 5.41) is 3.04. The number of pyridine rings is 1. The molecule has 1 aliphatic heterocycles. The zero-order chi connectivity index (χ0) is 15.4. The molecule has 1 aliphatic rings. The van der Waals surface area contributed by atoms with E-state index in [9.17, 15) is 9.59 Å². The van der Waals surface area contributed by atoms with Crippen LogP contribution in [0, 0.1) is 0 Å². The summed E-state index contributed by atoms with van der Waals surface area (Å²) in [6, 6.07) is 2.92. The smallest absolute Gasteiger partial charge is 0.251 e. The number of aromatic nitrogens is 1. The van der Waals surface area contributed by atoms with E-state index in [1.54, 1.807) is 12.1 Å². The number of ether oxygens (including phenoxy) is 1. The predicted molar refractivity (Wildman–Crippen MR) is 78.9 cm³/mol. The summed E-state index contributed by atoms with van der Waals surface area (Å²) in [4.78, 5) is 28.9. The van der Waals surface area contributed by atoms with Gasteiger partial charge < -0.3 is 15.8 Å². The first-order chi connectivity index (χ1) is 10.0. The highest BCUT2D eigenvalue weighted by Gasteiger charge is 2.31. The molecule has 1 aromatic heterocycles. The van der Waals surface area contributed by atoms with Crippen molar-refractivity contribution in [2.45, 2.75) is 32.2 Å². The minimum atomic E-state index is -0.456. The molecular formula is C14H20N4O3. The van der Waals surface area contributed by atoms with Crippen molar-refractivity contribution in [3.63, 3.8) is 0 Å². The van der Waals surface area contributed by atoms with E-state index < -0.39 is 6.04 Å². The molecule has 1 fully saturated rings. The van der Waals surface area contributed by atoms with Gasteiger partial charge in [0, 0.05) is 13.5 Å². The van der Waals surface area contributed by atoms with Gasteiger partial charge in [0.15, 0.2) is 0 Å². The van der Waals surface area contributed by atoms with E-state index in [1.165, 1.54) is 7.05 Å². The Morgan fingerprint density at radius 3 is 2.95 bits per heavy atom. The van der Waals surface area contributed by atoms with Crippen molar-refractivity contribution >= 4 is 23.3 Å². The van der Waals surface area contributed by atoms with Crippen LogP contribution in [0.3, 0.4) is 0 Å². The number of hydrogen-bond acceptors (Lipinski definition) is 6. The molecule has 0 aliphatic carbocycles. The van der Waals surface area contributed by atoms with Crippen molar-refractivity contribution in [3.05, 3.63) is 12.1 Å². The second-order valence-corrected chi connectivity index (χ2v) is 4.97. The van der Waals surface area contributed by atoms with Crippen LogP contribution in [0.1, 0.15) is 26.2 Å². The summed E-state index contributed by atoms with van der Waals surface area (Å²) in [6.45, 7) is 2.52. The molecule has 0 aromatic carbocycles. The van der Waals surface area contributed by atoms with Gasteiger partial charge in [-0.05, 0) is 25.0 Å². The quantitative estimate of drug-likeness (QED) is 0.786. The molecule has 2 rings (SSSR count). The van der Waals surface area contributed by atoms with Crippen LogP contribution < -0.4 is 15.8 Å². The lowest BCUT2D eigenvalue weighted by molar-refractivity contribution is -0.146. The molecule has 7 heteroatoms. The van der Waals surface area contributed by atoms with E-state index in [0.29, 0.717) is 36.8 Å². The molecular weight excluding hydrogens is 272 g/mol. The van der Waals surface area contributed by atoms with E-state index in [1.807, 2.05) is 6.92 Å². The van der Waals surface area contributed by atoms with E-state index >= 15 is 0 Å². The van der Waals surface area contributed by atoms with Crippen molar-refractivity contribution in [2.75, 3.05) is 24.7 Å². The summed E-state index contributed by atoms with van der Waals surface area (Å²) < 4.78 is 5.46. The maximum absolute atomic E-state index is 12.0. The lowest BCUT2D eigenvalue weighted by Crippen LogP contribution is -2.48. The summed E-state index contributed by atoms with van der Waals surface area (Å²) >= 11 is 0. The molecule has 1 saturated heterocycles. The van der Waals surface area contributed by atoms with Gasteiger partial charge in [-0.15, -0.1) is 0 Å². The third-order valence-corrected chi connectivity index (χ3v) is 3.30. The first-order valence-corrected chi connectivity index (χ1v) is 6.99. The maximum atomic E-state index is 12.0. The first kappa shape index (κ1) is 15.1. The number of anilines is 2. The third kappa shape index (κ3) is 3.42. The van der Waals surface area contributed by atoms with Crippen LogP contribution in [-0.2, 0) is 9.59 Å². The number of imide groups is 1. The minimum absolute atomic E-state index is 0.157. The van der Waals surface area contributed by atoms with Crippen molar-refractivity contribution in [1.82, 2.24) is 9.88 Å². The number of nitrogens with one attached hydrogen (secondary N) is 1. The van der Waals surface area contributed by atoms with E-state index in [4.69, 9.17) is 10.5 Å². The average molecular weight is 292 g/mol. The zero-order valence-electron chi connectivity index (χ0n) is 12.3. The fourth-order valence-corrected chi connectivity index (χ4v) is 2.07. The molecule has 0 spiro atoms. The standard InChI is InChI=1S/C14H20N4O3/c1-3-8-21-13-9(15)4-6-11(17-13)16-10-5-7-12(19)18(2)14(10)20/h4,6,10H,3,5,7-8,15H2,1-2H3,(H,16,17). The molecule has 114 valence electrons. The normalized spacial score (nSPS) is 18.8. The third-order valence-electron chi connectivity index (χ3n) is 3.30. The zero-order valence-corrected chi connectivity index (χ0v) is 12.3. The van der Waals surface area contributed by atoms with Gasteiger partial charge in [-0.2, -0.15) is 4.98 Å². The Hall–Kier alpha value is -2.31. The minimum Gasteiger partial charge on any atom is -0.476 e. The number of carbonyl (C=O) groups is 2. The fraction of sp³-hybridized carbons (Fsp3) is 0.500. The van der Waals surface area contributed by atoms with Crippen LogP contribution in [0.4, 0.5) is 11.5 Å². The second-order valence-electron chi connectivity index (χ2n) is 4.97. The molecule has 1 atom stereocenters. The van der Waals surface area contributed by atoms with E-state index in [0.717, 1.165) is 11.3 Å². The highest BCUT2D eigenvalue weighted by Crippen LogP contribution is 2.23. The van der Waals surface area contributed by atoms with Gasteiger partial charge in [0.25, 0.3) is 5.91 Å². The number of nitrogens with zero attached hydrogens (tertiary/aromatic N) is 2. The molecule has 21 heavy (non-hydrogen) atoms. The topological polar surface area (TPSA) is 97.5 Å². The van der Waals surface area contributed by atoms with Crippen LogP contribution in [-0.4, -0.2) is 41.4 Å². The number of carbonyl (C=O) groups excluding carboxylic acids is 2. The number of nitrogen functional groups attached to an aromatic ring is 1. The number of rotatable bonds is 5. The molecule has 1 unspecified atom stereocenters. The van der Waals surface area contributed by atoms with E-state index in [-0.39, 0.29) is 11.8 Å². The van der Waals surface area contributed by atoms with Crippen molar-refractivity contribution < 1.29 is 14.3 Å². The highest BCUT2D eigenvalue weighted by molar-refractivity contribution is 6.01. The summed E-state index contributed by atoms with van der Waals surface area (Å²) in [6.07, 6.45) is 1.65. The molecule has 1 aromatic rings. The second kappa shape index (κ2) is 6.43. The van der Waals surface area contributed by atoms with Gasteiger partial charge in [0.2, 0.25) is 11.8 Å². The SMILES string of the molecule is CCCOc1nc(NC2CCC(=O)N(C)C2=O)ccc1N. The Morgan fingerprint density at radius 1 is 1.48 bits per heavy atom. The number of piperidine rings is 1. The lowest BCUT2D eigenvalue weighted by Gasteiger charge is -2.28. The Morgan fingerprint density at radius 2 is 2.24 bits per heavy atom.